The quantitative estimate of drug-likeness (QED) is 0.776. The van der Waals surface area contributed by atoms with Crippen molar-refractivity contribution in [2.45, 2.75) is 0 Å². The SMILES string of the molecule is COc1ccccc1OCC(=O)OCC(=O)Nc1ccc(F)c(F)c1. The number of nitrogens with one attached hydrogen (secondary N) is 1. The van der Waals surface area contributed by atoms with Crippen LogP contribution in [0.2, 0.25) is 0 Å². The second-order valence-electron chi connectivity index (χ2n) is 4.78. The highest BCUT2D eigenvalue weighted by Gasteiger charge is 2.11. The summed E-state index contributed by atoms with van der Waals surface area (Å²) in [6.07, 6.45) is 0. The van der Waals surface area contributed by atoms with Gasteiger partial charge in [0.25, 0.3) is 5.91 Å². The van der Waals surface area contributed by atoms with Crippen LogP contribution in [0.25, 0.3) is 0 Å². The van der Waals surface area contributed by atoms with Crippen molar-refractivity contribution in [3.8, 4) is 11.5 Å². The predicted molar refractivity (Wildman–Crippen MR) is 84.4 cm³/mol. The summed E-state index contributed by atoms with van der Waals surface area (Å²) in [5.74, 6) is -2.79. The Morgan fingerprint density at radius 1 is 1.00 bits per heavy atom. The van der Waals surface area contributed by atoms with Gasteiger partial charge in [-0.1, -0.05) is 12.1 Å². The smallest absolute Gasteiger partial charge is 0.344 e. The first-order chi connectivity index (χ1) is 12.0. The van der Waals surface area contributed by atoms with Gasteiger partial charge in [-0.3, -0.25) is 4.79 Å². The number of benzene rings is 2. The van der Waals surface area contributed by atoms with Gasteiger partial charge < -0.3 is 19.5 Å². The lowest BCUT2D eigenvalue weighted by Crippen LogP contribution is -2.23. The molecule has 2 rings (SSSR count). The van der Waals surface area contributed by atoms with Crippen molar-refractivity contribution in [1.29, 1.82) is 0 Å². The zero-order chi connectivity index (χ0) is 18.2. The molecular formula is C17H15F2NO5. The molecule has 0 heterocycles. The molecule has 0 unspecified atom stereocenters. The number of anilines is 1. The second-order valence-corrected chi connectivity index (χ2v) is 4.78. The van der Waals surface area contributed by atoms with Crippen LogP contribution in [0.3, 0.4) is 0 Å². The third-order valence-corrected chi connectivity index (χ3v) is 2.98. The molecule has 2 aromatic rings. The molecule has 0 aliphatic rings. The van der Waals surface area contributed by atoms with E-state index in [2.05, 4.69) is 5.32 Å². The molecular weight excluding hydrogens is 336 g/mol. The molecule has 0 atom stereocenters. The molecule has 0 aromatic heterocycles. The van der Waals surface area contributed by atoms with Gasteiger partial charge in [0.15, 0.2) is 36.3 Å². The summed E-state index contributed by atoms with van der Waals surface area (Å²) in [5, 5.41) is 2.27. The molecule has 0 radical (unpaired) electrons. The summed E-state index contributed by atoms with van der Waals surface area (Å²) in [6, 6.07) is 9.60. The minimum atomic E-state index is -1.10. The zero-order valence-electron chi connectivity index (χ0n) is 13.3. The zero-order valence-corrected chi connectivity index (χ0v) is 13.3. The Labute approximate surface area is 142 Å². The highest BCUT2D eigenvalue weighted by Crippen LogP contribution is 2.25. The van der Waals surface area contributed by atoms with E-state index in [0.717, 1.165) is 12.1 Å². The van der Waals surface area contributed by atoms with E-state index < -0.39 is 36.7 Å². The number of ether oxygens (including phenoxy) is 3. The van der Waals surface area contributed by atoms with Crippen molar-refractivity contribution < 1.29 is 32.6 Å². The van der Waals surface area contributed by atoms with Crippen LogP contribution in [0.4, 0.5) is 14.5 Å². The number of hydrogen-bond acceptors (Lipinski definition) is 5. The molecule has 132 valence electrons. The largest absolute Gasteiger partial charge is 0.493 e. The van der Waals surface area contributed by atoms with E-state index in [1.165, 1.54) is 13.2 Å². The van der Waals surface area contributed by atoms with Crippen LogP contribution in [0.5, 0.6) is 11.5 Å². The first kappa shape index (κ1) is 18.2. The van der Waals surface area contributed by atoms with E-state index >= 15 is 0 Å². The van der Waals surface area contributed by atoms with Gasteiger partial charge in [0.05, 0.1) is 7.11 Å². The summed E-state index contributed by atoms with van der Waals surface area (Å²) >= 11 is 0. The molecule has 0 bridgehead atoms. The molecule has 0 saturated carbocycles. The Morgan fingerprint density at radius 3 is 2.40 bits per heavy atom. The average molecular weight is 351 g/mol. The lowest BCUT2D eigenvalue weighted by atomic mass is 10.3. The highest BCUT2D eigenvalue weighted by molar-refractivity contribution is 5.92. The highest BCUT2D eigenvalue weighted by atomic mass is 19.2. The Hall–Kier alpha value is -3.16. The summed E-state index contributed by atoms with van der Waals surface area (Å²) in [6.45, 7) is -1.01. The topological polar surface area (TPSA) is 73.9 Å². The number of hydrogen-bond donors (Lipinski definition) is 1. The fourth-order valence-corrected chi connectivity index (χ4v) is 1.83. The van der Waals surface area contributed by atoms with Crippen molar-refractivity contribution in [1.82, 2.24) is 0 Å². The number of para-hydroxylation sites is 2. The number of esters is 1. The summed E-state index contributed by atoms with van der Waals surface area (Å²) in [4.78, 5) is 23.2. The Kier molecular flexibility index (Phi) is 6.27. The molecule has 1 N–H and O–H groups in total. The normalized spacial score (nSPS) is 10.0. The number of rotatable bonds is 7. The van der Waals surface area contributed by atoms with Gasteiger partial charge in [0.2, 0.25) is 0 Å². The molecule has 0 fully saturated rings. The maximum absolute atomic E-state index is 13.0. The fourth-order valence-electron chi connectivity index (χ4n) is 1.83. The molecule has 6 nitrogen and oxygen atoms in total. The lowest BCUT2D eigenvalue weighted by molar-refractivity contribution is -0.149. The molecule has 2 aromatic carbocycles. The first-order valence-corrected chi connectivity index (χ1v) is 7.16. The maximum atomic E-state index is 13.0. The molecule has 25 heavy (non-hydrogen) atoms. The Balaban J connectivity index is 1.77. The number of amides is 1. The van der Waals surface area contributed by atoms with E-state index in [1.807, 2.05) is 0 Å². The van der Waals surface area contributed by atoms with Gasteiger partial charge in [-0.25, -0.2) is 13.6 Å². The lowest BCUT2D eigenvalue weighted by Gasteiger charge is -2.10. The Morgan fingerprint density at radius 2 is 1.72 bits per heavy atom. The van der Waals surface area contributed by atoms with Crippen molar-refractivity contribution in [3.05, 3.63) is 54.1 Å². The van der Waals surface area contributed by atoms with Gasteiger partial charge in [0, 0.05) is 11.8 Å². The molecule has 0 aliphatic heterocycles. The third kappa shape index (κ3) is 5.45. The maximum Gasteiger partial charge on any atom is 0.344 e. The van der Waals surface area contributed by atoms with Gasteiger partial charge in [-0.2, -0.15) is 0 Å². The standard InChI is InChI=1S/C17H15F2NO5/c1-23-14-4-2-3-5-15(14)24-10-17(22)25-9-16(21)20-11-6-7-12(18)13(19)8-11/h2-8H,9-10H2,1H3,(H,20,21). The number of halogens is 2. The predicted octanol–water partition coefficient (Wildman–Crippen LogP) is 2.53. The van der Waals surface area contributed by atoms with Crippen LogP contribution in [0.15, 0.2) is 42.5 Å². The van der Waals surface area contributed by atoms with Crippen LogP contribution < -0.4 is 14.8 Å². The number of carbonyl (C=O) groups excluding carboxylic acids is 2. The van der Waals surface area contributed by atoms with Crippen molar-refractivity contribution in [2.75, 3.05) is 25.6 Å². The average Bonchev–Trinajstić information content (AvgIpc) is 2.61. The van der Waals surface area contributed by atoms with Gasteiger partial charge in [0.1, 0.15) is 0 Å². The van der Waals surface area contributed by atoms with Crippen molar-refractivity contribution in [2.24, 2.45) is 0 Å². The molecule has 0 spiro atoms. The molecule has 0 saturated heterocycles. The van der Waals surface area contributed by atoms with E-state index in [-0.39, 0.29) is 5.69 Å². The first-order valence-electron chi connectivity index (χ1n) is 7.16. The second kappa shape index (κ2) is 8.62. The number of methoxy groups -OCH3 is 1. The van der Waals surface area contributed by atoms with E-state index in [9.17, 15) is 18.4 Å². The van der Waals surface area contributed by atoms with Gasteiger partial charge >= 0.3 is 5.97 Å². The van der Waals surface area contributed by atoms with E-state index in [4.69, 9.17) is 14.2 Å². The Bertz CT molecular complexity index is 766. The van der Waals surface area contributed by atoms with Crippen LogP contribution in [-0.2, 0) is 14.3 Å². The van der Waals surface area contributed by atoms with Crippen LogP contribution in [0, 0.1) is 11.6 Å². The fraction of sp³-hybridized carbons (Fsp3) is 0.176. The van der Waals surface area contributed by atoms with Crippen LogP contribution in [0.1, 0.15) is 0 Å². The summed E-state index contributed by atoms with van der Waals surface area (Å²) < 4.78 is 40.9. The minimum absolute atomic E-state index is 0.0465. The molecule has 1 amide bonds. The molecule has 0 aliphatic carbocycles. The van der Waals surface area contributed by atoms with Gasteiger partial charge in [-0.15, -0.1) is 0 Å². The summed E-state index contributed by atoms with van der Waals surface area (Å²) in [7, 11) is 1.46. The molecule has 8 heteroatoms. The third-order valence-electron chi connectivity index (χ3n) is 2.98. The van der Waals surface area contributed by atoms with Crippen LogP contribution in [-0.4, -0.2) is 32.2 Å². The van der Waals surface area contributed by atoms with E-state index in [0.29, 0.717) is 11.5 Å². The monoisotopic (exact) mass is 351 g/mol. The van der Waals surface area contributed by atoms with Gasteiger partial charge in [-0.05, 0) is 24.3 Å². The number of carbonyl (C=O) groups is 2. The van der Waals surface area contributed by atoms with Crippen molar-refractivity contribution in [3.63, 3.8) is 0 Å². The minimum Gasteiger partial charge on any atom is -0.493 e. The van der Waals surface area contributed by atoms with Crippen molar-refractivity contribution >= 4 is 17.6 Å². The summed E-state index contributed by atoms with van der Waals surface area (Å²) in [5.41, 5.74) is 0.0465. The van der Waals surface area contributed by atoms with Crippen LogP contribution >= 0.6 is 0 Å². The van der Waals surface area contributed by atoms with E-state index in [1.54, 1.807) is 24.3 Å².